The molecular weight excluding hydrogens is 416 g/mol. The molecule has 0 aromatic heterocycles. The fraction of sp³-hybridized carbons (Fsp3) is 0.391. The van der Waals surface area contributed by atoms with E-state index >= 15 is 0 Å². The third-order valence-electron chi connectivity index (χ3n) is 6.02. The van der Waals surface area contributed by atoms with Crippen LogP contribution < -0.4 is 21.1 Å². The second-order valence-corrected chi connectivity index (χ2v) is 8.63. The SMILES string of the molecule is NC(=O)Nc1cc(Cl)ccc1OCC(=O)NC1C[C@H]2CC[C@@H](C1)N2Cc1ccccc1. The number of nitrogens with one attached hydrogen (secondary N) is 2. The van der Waals surface area contributed by atoms with Crippen LogP contribution in [0.5, 0.6) is 5.75 Å². The van der Waals surface area contributed by atoms with Crippen LogP contribution in [-0.4, -0.2) is 41.6 Å². The van der Waals surface area contributed by atoms with Gasteiger partial charge in [0.1, 0.15) is 5.75 Å². The number of urea groups is 1. The minimum atomic E-state index is -0.727. The van der Waals surface area contributed by atoms with Crippen molar-refractivity contribution in [1.82, 2.24) is 10.2 Å². The van der Waals surface area contributed by atoms with E-state index in [9.17, 15) is 9.59 Å². The first kappa shape index (κ1) is 21.5. The summed E-state index contributed by atoms with van der Waals surface area (Å²) in [7, 11) is 0. The summed E-state index contributed by atoms with van der Waals surface area (Å²) in [5.41, 5.74) is 6.85. The van der Waals surface area contributed by atoms with Crippen molar-refractivity contribution in [3.05, 3.63) is 59.1 Å². The molecule has 0 saturated carbocycles. The molecule has 2 aliphatic rings. The number of carbonyl (C=O) groups excluding carboxylic acids is 2. The maximum atomic E-state index is 12.5. The molecule has 164 valence electrons. The molecule has 3 amide bonds. The lowest BCUT2D eigenvalue weighted by Crippen LogP contribution is -2.50. The number of nitrogens with zero attached hydrogens (tertiary/aromatic N) is 1. The summed E-state index contributed by atoms with van der Waals surface area (Å²) in [5.74, 6) is 0.164. The van der Waals surface area contributed by atoms with Gasteiger partial charge in [0.25, 0.3) is 5.91 Å². The Kier molecular flexibility index (Phi) is 6.63. The number of benzene rings is 2. The van der Waals surface area contributed by atoms with Crippen molar-refractivity contribution in [2.45, 2.75) is 50.4 Å². The molecule has 2 bridgehead atoms. The van der Waals surface area contributed by atoms with Crippen LogP contribution in [0.3, 0.4) is 0 Å². The highest BCUT2D eigenvalue weighted by Crippen LogP contribution is 2.37. The van der Waals surface area contributed by atoms with Crippen molar-refractivity contribution in [2.75, 3.05) is 11.9 Å². The predicted molar refractivity (Wildman–Crippen MR) is 120 cm³/mol. The average molecular weight is 443 g/mol. The summed E-state index contributed by atoms with van der Waals surface area (Å²) >= 11 is 5.96. The van der Waals surface area contributed by atoms with Crippen LogP contribution in [0.1, 0.15) is 31.2 Å². The Balaban J connectivity index is 1.29. The van der Waals surface area contributed by atoms with Crippen molar-refractivity contribution in [2.24, 2.45) is 5.73 Å². The van der Waals surface area contributed by atoms with Gasteiger partial charge in [-0.05, 0) is 49.4 Å². The molecule has 8 heteroatoms. The highest BCUT2D eigenvalue weighted by molar-refractivity contribution is 6.31. The number of amides is 3. The van der Waals surface area contributed by atoms with Crippen LogP contribution in [-0.2, 0) is 11.3 Å². The van der Waals surface area contributed by atoms with E-state index in [0.717, 1.165) is 19.4 Å². The van der Waals surface area contributed by atoms with Gasteiger partial charge in [0.05, 0.1) is 5.69 Å². The summed E-state index contributed by atoms with van der Waals surface area (Å²) in [6, 6.07) is 15.7. The molecule has 2 aromatic rings. The van der Waals surface area contributed by atoms with Crippen LogP contribution >= 0.6 is 11.6 Å². The quantitative estimate of drug-likeness (QED) is 0.611. The van der Waals surface area contributed by atoms with Gasteiger partial charge in [-0.15, -0.1) is 0 Å². The van der Waals surface area contributed by atoms with Crippen LogP contribution in [0.4, 0.5) is 10.5 Å². The fourth-order valence-electron chi connectivity index (χ4n) is 4.72. The van der Waals surface area contributed by atoms with Gasteiger partial charge in [0.15, 0.2) is 6.61 Å². The Morgan fingerprint density at radius 3 is 2.48 bits per heavy atom. The third kappa shape index (κ3) is 5.48. The molecular formula is C23H27ClN4O3. The molecule has 4 N–H and O–H groups in total. The molecule has 2 fully saturated rings. The van der Waals surface area contributed by atoms with Gasteiger partial charge in [-0.1, -0.05) is 41.9 Å². The van der Waals surface area contributed by atoms with Crippen molar-refractivity contribution in [3.63, 3.8) is 0 Å². The Hall–Kier alpha value is -2.77. The van der Waals surface area contributed by atoms with E-state index in [0.29, 0.717) is 28.5 Å². The number of halogens is 1. The number of fused-ring (bicyclic) bond motifs is 2. The van der Waals surface area contributed by atoms with Gasteiger partial charge >= 0.3 is 6.03 Å². The summed E-state index contributed by atoms with van der Waals surface area (Å²) in [6.45, 7) is 0.820. The average Bonchev–Trinajstić information content (AvgIpc) is 2.96. The zero-order valence-electron chi connectivity index (χ0n) is 17.2. The highest BCUT2D eigenvalue weighted by atomic mass is 35.5. The van der Waals surface area contributed by atoms with Crippen LogP contribution in [0.15, 0.2) is 48.5 Å². The number of carbonyl (C=O) groups is 2. The van der Waals surface area contributed by atoms with Crippen LogP contribution in [0, 0.1) is 0 Å². The van der Waals surface area contributed by atoms with Crippen LogP contribution in [0.25, 0.3) is 0 Å². The molecule has 0 radical (unpaired) electrons. The summed E-state index contributed by atoms with van der Waals surface area (Å²) in [4.78, 5) is 26.3. The maximum absolute atomic E-state index is 12.5. The molecule has 7 nitrogen and oxygen atoms in total. The Bertz CT molecular complexity index is 926. The number of anilines is 1. The van der Waals surface area contributed by atoms with Crippen molar-refractivity contribution < 1.29 is 14.3 Å². The van der Waals surface area contributed by atoms with E-state index in [-0.39, 0.29) is 18.6 Å². The number of nitrogens with two attached hydrogens (primary N) is 1. The molecule has 0 aliphatic carbocycles. The zero-order valence-corrected chi connectivity index (χ0v) is 18.0. The molecule has 0 spiro atoms. The minimum absolute atomic E-state index is 0.144. The summed E-state index contributed by atoms with van der Waals surface area (Å²) in [5, 5.41) is 6.00. The van der Waals surface area contributed by atoms with Gasteiger partial charge in [0, 0.05) is 29.7 Å². The van der Waals surface area contributed by atoms with Crippen molar-refractivity contribution in [3.8, 4) is 5.75 Å². The maximum Gasteiger partial charge on any atom is 0.316 e. The lowest BCUT2D eigenvalue weighted by atomic mass is 9.96. The van der Waals surface area contributed by atoms with E-state index in [2.05, 4.69) is 39.8 Å². The molecule has 2 heterocycles. The molecule has 31 heavy (non-hydrogen) atoms. The minimum Gasteiger partial charge on any atom is -0.482 e. The van der Waals surface area contributed by atoms with E-state index < -0.39 is 6.03 Å². The number of ether oxygens (including phenoxy) is 1. The lowest BCUT2D eigenvalue weighted by Gasteiger charge is -2.39. The Morgan fingerprint density at radius 2 is 1.81 bits per heavy atom. The number of piperidine rings is 1. The molecule has 1 unspecified atom stereocenters. The van der Waals surface area contributed by atoms with Gasteiger partial charge in [-0.25, -0.2) is 4.79 Å². The molecule has 2 aromatic carbocycles. The first-order valence-corrected chi connectivity index (χ1v) is 10.9. The second-order valence-electron chi connectivity index (χ2n) is 8.20. The number of primary amides is 1. The van der Waals surface area contributed by atoms with Crippen molar-refractivity contribution >= 4 is 29.2 Å². The van der Waals surface area contributed by atoms with E-state index in [4.69, 9.17) is 22.1 Å². The van der Waals surface area contributed by atoms with Gasteiger partial charge in [-0.2, -0.15) is 0 Å². The standard InChI is InChI=1S/C23H27ClN4O3/c24-16-6-9-21(20(10-16)27-23(25)30)31-14-22(29)26-17-11-18-7-8-19(12-17)28(18)13-15-4-2-1-3-5-15/h1-6,9-10,17-19H,7-8,11-14H2,(H,26,29)(H3,25,27,30)/t17?,18-,19+. The number of hydrogen-bond donors (Lipinski definition) is 3. The molecule has 3 atom stereocenters. The Labute approximate surface area is 186 Å². The first-order valence-electron chi connectivity index (χ1n) is 10.6. The van der Waals surface area contributed by atoms with Gasteiger partial charge in [-0.3, -0.25) is 9.69 Å². The van der Waals surface area contributed by atoms with Gasteiger partial charge < -0.3 is 21.1 Å². The van der Waals surface area contributed by atoms with Crippen molar-refractivity contribution in [1.29, 1.82) is 0 Å². The van der Waals surface area contributed by atoms with E-state index in [1.165, 1.54) is 24.5 Å². The molecule has 4 rings (SSSR count). The molecule has 2 saturated heterocycles. The topological polar surface area (TPSA) is 96.7 Å². The van der Waals surface area contributed by atoms with E-state index in [1.807, 2.05) is 6.07 Å². The fourth-order valence-corrected chi connectivity index (χ4v) is 4.89. The second kappa shape index (κ2) is 9.58. The summed E-state index contributed by atoms with van der Waals surface area (Å²) < 4.78 is 5.61. The predicted octanol–water partition coefficient (Wildman–Crippen LogP) is 3.52. The number of rotatable bonds is 7. The first-order chi connectivity index (χ1) is 15.0. The molecule has 2 aliphatic heterocycles. The van der Waals surface area contributed by atoms with E-state index in [1.54, 1.807) is 12.1 Å². The summed E-state index contributed by atoms with van der Waals surface area (Å²) in [6.07, 6.45) is 4.25. The third-order valence-corrected chi connectivity index (χ3v) is 6.25. The largest absolute Gasteiger partial charge is 0.482 e. The monoisotopic (exact) mass is 442 g/mol. The zero-order chi connectivity index (χ0) is 21.8. The highest BCUT2D eigenvalue weighted by Gasteiger charge is 2.40. The smallest absolute Gasteiger partial charge is 0.316 e. The number of hydrogen-bond acceptors (Lipinski definition) is 4. The Morgan fingerprint density at radius 1 is 1.10 bits per heavy atom. The normalized spacial score (nSPS) is 22.7. The van der Waals surface area contributed by atoms with Crippen LogP contribution in [0.2, 0.25) is 5.02 Å². The van der Waals surface area contributed by atoms with Gasteiger partial charge in [0.2, 0.25) is 0 Å². The lowest BCUT2D eigenvalue weighted by molar-refractivity contribution is -0.124.